The van der Waals surface area contributed by atoms with Gasteiger partial charge in [-0.05, 0) is 12.1 Å². The maximum Gasteiger partial charge on any atom is 0.327 e. The molecule has 114 valence electrons. The van der Waals surface area contributed by atoms with Gasteiger partial charge in [-0.15, -0.1) is 0 Å². The van der Waals surface area contributed by atoms with Gasteiger partial charge in [-0.3, -0.25) is 0 Å². The molecule has 2 unspecified atom stereocenters. The number of rotatable bonds is 7. The van der Waals surface area contributed by atoms with Crippen LogP contribution in [0.3, 0.4) is 0 Å². The Morgan fingerprint density at radius 2 is 1.67 bits per heavy atom. The number of hydrogen-bond acceptors (Lipinski definition) is 5. The van der Waals surface area contributed by atoms with Gasteiger partial charge in [0.15, 0.2) is 0 Å². The van der Waals surface area contributed by atoms with Crippen molar-refractivity contribution in [1.29, 1.82) is 0 Å². The highest BCUT2D eigenvalue weighted by molar-refractivity contribution is 5.78. The van der Waals surface area contributed by atoms with Crippen LogP contribution in [0.2, 0.25) is 0 Å². The molecule has 0 radical (unpaired) electrons. The molecule has 2 atom stereocenters. The molecule has 0 aliphatic carbocycles. The normalized spacial score (nSPS) is 21.5. The van der Waals surface area contributed by atoms with Gasteiger partial charge in [0.25, 0.3) is 0 Å². The fraction of sp³-hybridized carbons (Fsp3) is 0.400. The van der Waals surface area contributed by atoms with Crippen LogP contribution in [0.15, 0.2) is 36.9 Å². The van der Waals surface area contributed by atoms with Crippen molar-refractivity contribution in [2.24, 2.45) is 0 Å². The summed E-state index contributed by atoms with van der Waals surface area (Å²) in [6.07, 6.45) is 1.40. The number of hydrogen-bond donors (Lipinski definition) is 1. The van der Waals surface area contributed by atoms with Gasteiger partial charge in [0, 0.05) is 12.1 Å². The molecular formula is C15H18O6. The van der Waals surface area contributed by atoms with E-state index in [1.54, 1.807) is 0 Å². The second-order valence-electron chi connectivity index (χ2n) is 4.55. The summed E-state index contributed by atoms with van der Waals surface area (Å²) in [4.78, 5) is 9.25. The van der Waals surface area contributed by atoms with Gasteiger partial charge in [0.2, 0.25) is 0 Å². The van der Waals surface area contributed by atoms with Gasteiger partial charge in [0.1, 0.15) is 36.9 Å². The minimum absolute atomic E-state index is 0.282. The van der Waals surface area contributed by atoms with Gasteiger partial charge >= 0.3 is 5.97 Å². The molecule has 6 heteroatoms. The minimum atomic E-state index is -0.981. The molecule has 0 amide bonds. The van der Waals surface area contributed by atoms with Crippen LogP contribution in [0.5, 0.6) is 11.5 Å². The summed E-state index contributed by atoms with van der Waals surface area (Å²) in [5, 5.41) is 7.60. The predicted molar refractivity (Wildman–Crippen MR) is 74.7 cm³/mol. The van der Waals surface area contributed by atoms with E-state index in [0.717, 1.165) is 30.8 Å². The molecule has 6 nitrogen and oxygen atoms in total. The molecule has 0 saturated carbocycles. The molecule has 3 rings (SSSR count). The Balaban J connectivity index is 0.000000282. The molecule has 2 fully saturated rings. The Morgan fingerprint density at radius 3 is 2.00 bits per heavy atom. The maximum atomic E-state index is 9.25. The smallest absolute Gasteiger partial charge is 0.327 e. The zero-order valence-corrected chi connectivity index (χ0v) is 11.6. The summed E-state index contributed by atoms with van der Waals surface area (Å²) in [6.45, 7) is 5.83. The monoisotopic (exact) mass is 294 g/mol. The summed E-state index contributed by atoms with van der Waals surface area (Å²) in [7, 11) is 0. The van der Waals surface area contributed by atoms with Crippen LogP contribution in [-0.4, -0.2) is 49.7 Å². The number of ether oxygens (including phenoxy) is 4. The van der Waals surface area contributed by atoms with Crippen molar-refractivity contribution >= 4 is 5.97 Å². The maximum absolute atomic E-state index is 9.25. The molecular weight excluding hydrogens is 276 g/mol. The number of carbonyl (C=O) groups is 1. The molecule has 21 heavy (non-hydrogen) atoms. The van der Waals surface area contributed by atoms with Crippen LogP contribution < -0.4 is 9.47 Å². The summed E-state index contributed by atoms with van der Waals surface area (Å²) in [5.74, 6) is 0.666. The highest BCUT2D eigenvalue weighted by Gasteiger charge is 2.24. The van der Waals surface area contributed by atoms with E-state index >= 15 is 0 Å². The van der Waals surface area contributed by atoms with E-state index in [2.05, 4.69) is 6.58 Å². The molecule has 2 heterocycles. The minimum Gasteiger partial charge on any atom is -0.491 e. The number of benzene rings is 1. The number of carboxylic acid groups (broad SMARTS) is 1. The SMILES string of the molecule is C=CC(=O)O.c1cc(OCC2CO2)cc(OCC2CO2)c1. The standard InChI is InChI=1S/C12H14O4.C3H4O2/c1-2-9(13-5-11-7-15-11)4-10(3-1)14-6-12-8-16-12;1-2-3(4)5/h1-4,11-12H,5-8H2;2H,1H2,(H,4,5). The number of aliphatic carboxylic acids is 1. The van der Waals surface area contributed by atoms with Crippen molar-refractivity contribution in [2.75, 3.05) is 26.4 Å². The third-order valence-electron chi connectivity index (χ3n) is 2.66. The Bertz CT molecular complexity index is 448. The molecule has 2 aliphatic heterocycles. The highest BCUT2D eigenvalue weighted by atomic mass is 16.6. The van der Waals surface area contributed by atoms with Crippen molar-refractivity contribution in [1.82, 2.24) is 0 Å². The average molecular weight is 294 g/mol. The lowest BCUT2D eigenvalue weighted by Gasteiger charge is -2.07. The first kappa shape index (κ1) is 15.3. The molecule has 0 bridgehead atoms. The van der Waals surface area contributed by atoms with Crippen molar-refractivity contribution in [3.8, 4) is 11.5 Å². The van der Waals surface area contributed by atoms with Gasteiger partial charge in [-0.2, -0.15) is 0 Å². The largest absolute Gasteiger partial charge is 0.491 e. The van der Waals surface area contributed by atoms with Gasteiger partial charge in [0.05, 0.1) is 13.2 Å². The van der Waals surface area contributed by atoms with Gasteiger partial charge < -0.3 is 24.1 Å². The molecule has 2 aliphatic rings. The molecule has 1 aromatic rings. The summed E-state index contributed by atoms with van der Waals surface area (Å²) < 4.78 is 21.3. The Hall–Kier alpha value is -2.05. The molecule has 0 spiro atoms. The van der Waals surface area contributed by atoms with Crippen LogP contribution in [0.25, 0.3) is 0 Å². The van der Waals surface area contributed by atoms with E-state index in [0.29, 0.717) is 13.2 Å². The van der Waals surface area contributed by atoms with Crippen molar-refractivity contribution in [2.45, 2.75) is 12.2 Å². The van der Waals surface area contributed by atoms with Crippen molar-refractivity contribution in [3.05, 3.63) is 36.9 Å². The van der Waals surface area contributed by atoms with Gasteiger partial charge in [-0.25, -0.2) is 4.79 Å². The number of carboxylic acids is 1. The number of epoxide rings is 2. The first-order chi connectivity index (χ1) is 10.2. The van der Waals surface area contributed by atoms with Crippen LogP contribution in [0, 0.1) is 0 Å². The lowest BCUT2D eigenvalue weighted by molar-refractivity contribution is -0.131. The highest BCUT2D eigenvalue weighted by Crippen LogP contribution is 2.22. The predicted octanol–water partition coefficient (Wildman–Crippen LogP) is 1.50. The lowest BCUT2D eigenvalue weighted by atomic mass is 10.3. The average Bonchev–Trinajstić information content (AvgIpc) is 3.39. The Morgan fingerprint density at radius 1 is 1.24 bits per heavy atom. The zero-order valence-electron chi connectivity index (χ0n) is 11.6. The zero-order chi connectivity index (χ0) is 15.1. The Labute approximate surface area is 122 Å². The third-order valence-corrected chi connectivity index (χ3v) is 2.66. The molecule has 0 aromatic heterocycles. The van der Waals surface area contributed by atoms with E-state index in [9.17, 15) is 4.79 Å². The first-order valence-corrected chi connectivity index (χ1v) is 6.61. The van der Waals surface area contributed by atoms with Crippen LogP contribution >= 0.6 is 0 Å². The van der Waals surface area contributed by atoms with Crippen LogP contribution in [0.4, 0.5) is 0 Å². The lowest BCUT2D eigenvalue weighted by Crippen LogP contribution is -2.06. The third kappa shape index (κ3) is 6.78. The van der Waals surface area contributed by atoms with Crippen LogP contribution in [0.1, 0.15) is 0 Å². The molecule has 2 saturated heterocycles. The summed E-state index contributed by atoms with van der Waals surface area (Å²) in [5.41, 5.74) is 0. The van der Waals surface area contributed by atoms with E-state index in [1.807, 2.05) is 24.3 Å². The fourth-order valence-corrected chi connectivity index (χ4v) is 1.36. The van der Waals surface area contributed by atoms with Gasteiger partial charge in [-0.1, -0.05) is 12.6 Å². The van der Waals surface area contributed by atoms with Crippen molar-refractivity contribution in [3.63, 3.8) is 0 Å². The summed E-state index contributed by atoms with van der Waals surface area (Å²) in [6, 6.07) is 7.66. The fourth-order valence-electron chi connectivity index (χ4n) is 1.36. The molecule has 1 aromatic carbocycles. The molecule has 1 N–H and O–H groups in total. The summed E-state index contributed by atoms with van der Waals surface area (Å²) >= 11 is 0. The van der Waals surface area contributed by atoms with E-state index in [-0.39, 0.29) is 12.2 Å². The van der Waals surface area contributed by atoms with E-state index in [1.165, 1.54) is 0 Å². The second kappa shape index (κ2) is 7.66. The van der Waals surface area contributed by atoms with E-state index < -0.39 is 5.97 Å². The van der Waals surface area contributed by atoms with Crippen molar-refractivity contribution < 1.29 is 28.8 Å². The topological polar surface area (TPSA) is 80.8 Å². The quantitative estimate of drug-likeness (QED) is 0.606. The second-order valence-corrected chi connectivity index (χ2v) is 4.55. The first-order valence-electron chi connectivity index (χ1n) is 6.61. The Kier molecular flexibility index (Phi) is 5.59. The van der Waals surface area contributed by atoms with E-state index in [4.69, 9.17) is 24.1 Å². The van der Waals surface area contributed by atoms with Crippen LogP contribution in [-0.2, 0) is 14.3 Å².